The number of nitrogens with zero attached hydrogens (tertiary/aromatic N) is 4. The normalized spacial score (nSPS) is 14.0. The second-order valence-corrected chi connectivity index (χ2v) is 7.49. The number of amides is 1. The number of aliphatic imine (C=N–C) groups is 1. The third kappa shape index (κ3) is 5.35. The molecule has 0 radical (unpaired) electrons. The van der Waals surface area contributed by atoms with Crippen LogP contribution in [0.15, 0.2) is 53.5 Å². The van der Waals surface area contributed by atoms with Crippen LogP contribution in [0.1, 0.15) is 20.7 Å². The first-order valence-electron chi connectivity index (χ1n) is 9.66. The fourth-order valence-electron chi connectivity index (χ4n) is 3.32. The van der Waals surface area contributed by atoms with Crippen molar-refractivity contribution in [2.75, 3.05) is 44.4 Å². The number of hydrogen-bond acceptors (Lipinski definition) is 7. The summed E-state index contributed by atoms with van der Waals surface area (Å²) in [5.41, 5.74) is 2.43. The molecule has 9 heteroatoms. The number of thioether (sulfide) groups is 1. The molecule has 1 aliphatic rings. The molecule has 1 heterocycles. The number of nitriles is 1. The first kappa shape index (κ1) is 22.2. The van der Waals surface area contributed by atoms with Crippen LogP contribution in [-0.4, -0.2) is 61.5 Å². The Morgan fingerprint density at radius 1 is 1.10 bits per heavy atom. The van der Waals surface area contributed by atoms with Crippen LogP contribution in [-0.2, 0) is 4.74 Å². The smallest absolute Gasteiger partial charge is 0.337 e. The van der Waals surface area contributed by atoms with Gasteiger partial charge in [0.15, 0.2) is 11.4 Å². The van der Waals surface area contributed by atoms with Crippen LogP contribution in [0.4, 0.5) is 11.4 Å². The van der Waals surface area contributed by atoms with Crippen LogP contribution in [0.2, 0.25) is 0 Å². The number of esters is 1. The molecule has 1 N–H and O–H groups in total. The van der Waals surface area contributed by atoms with Crippen molar-refractivity contribution in [2.45, 2.75) is 0 Å². The van der Waals surface area contributed by atoms with Crippen molar-refractivity contribution in [2.24, 2.45) is 4.99 Å². The fraction of sp³-hybridized carbons (Fsp3) is 0.273. The number of rotatable bonds is 4. The summed E-state index contributed by atoms with van der Waals surface area (Å²) in [4.78, 5) is 33.2. The molecule has 0 atom stereocenters. The number of amidine groups is 1. The molecule has 31 heavy (non-hydrogen) atoms. The third-order valence-electron chi connectivity index (χ3n) is 4.90. The zero-order chi connectivity index (χ0) is 22.2. The molecular formula is C22H23N5O3S. The lowest BCUT2D eigenvalue weighted by Crippen LogP contribution is -2.48. The summed E-state index contributed by atoms with van der Waals surface area (Å²) in [6.07, 6.45) is 3.68. The number of carbonyl (C=O) groups excluding carboxylic acids is 2. The summed E-state index contributed by atoms with van der Waals surface area (Å²) in [6, 6.07) is 14.4. The highest BCUT2D eigenvalue weighted by atomic mass is 32.2. The van der Waals surface area contributed by atoms with Gasteiger partial charge >= 0.3 is 5.97 Å². The van der Waals surface area contributed by atoms with Crippen LogP contribution < -0.4 is 10.2 Å². The summed E-state index contributed by atoms with van der Waals surface area (Å²) in [5, 5.41) is 11.9. The highest BCUT2D eigenvalue weighted by Crippen LogP contribution is 2.32. The van der Waals surface area contributed by atoms with Gasteiger partial charge < -0.3 is 14.5 Å². The van der Waals surface area contributed by atoms with Crippen LogP contribution >= 0.6 is 11.8 Å². The van der Waals surface area contributed by atoms with Gasteiger partial charge in [0.25, 0.3) is 5.91 Å². The van der Waals surface area contributed by atoms with Crippen molar-refractivity contribution in [3.63, 3.8) is 0 Å². The van der Waals surface area contributed by atoms with Crippen molar-refractivity contribution >= 4 is 40.2 Å². The molecule has 0 spiro atoms. The molecule has 1 fully saturated rings. The fourth-order valence-corrected chi connectivity index (χ4v) is 3.66. The van der Waals surface area contributed by atoms with Crippen molar-refractivity contribution in [3.8, 4) is 6.19 Å². The van der Waals surface area contributed by atoms with Gasteiger partial charge in [-0.1, -0.05) is 30.0 Å². The SMILES string of the molecule is COC(=O)c1ccc(N2CCN(C(=O)c3ccccc3)CC2)c(N=C(NC#N)SC)c1. The van der Waals surface area contributed by atoms with Gasteiger partial charge in [0.2, 0.25) is 0 Å². The van der Waals surface area contributed by atoms with Crippen molar-refractivity contribution < 1.29 is 14.3 Å². The summed E-state index contributed by atoms with van der Waals surface area (Å²) in [6.45, 7) is 2.39. The predicted octanol–water partition coefficient (Wildman–Crippen LogP) is 2.86. The molecule has 0 saturated carbocycles. The van der Waals surface area contributed by atoms with Crippen LogP contribution in [0, 0.1) is 11.5 Å². The number of ether oxygens (including phenoxy) is 1. The average molecular weight is 438 g/mol. The number of methoxy groups -OCH3 is 1. The zero-order valence-corrected chi connectivity index (χ0v) is 18.2. The monoisotopic (exact) mass is 437 g/mol. The first-order chi connectivity index (χ1) is 15.1. The minimum Gasteiger partial charge on any atom is -0.465 e. The quantitative estimate of drug-likeness (QED) is 0.258. The van der Waals surface area contributed by atoms with E-state index in [1.54, 1.807) is 18.4 Å². The number of carbonyl (C=O) groups is 2. The second kappa shape index (κ2) is 10.5. The molecule has 1 amide bonds. The molecule has 2 aromatic carbocycles. The largest absolute Gasteiger partial charge is 0.465 e. The molecule has 2 aromatic rings. The minimum atomic E-state index is -0.458. The van der Waals surface area contributed by atoms with E-state index in [4.69, 9.17) is 10.00 Å². The molecule has 0 aromatic heterocycles. The number of hydrogen-bond donors (Lipinski definition) is 1. The molecule has 0 aliphatic carbocycles. The van der Waals surface area contributed by atoms with Crippen LogP contribution in [0.25, 0.3) is 0 Å². The van der Waals surface area contributed by atoms with Gasteiger partial charge in [0, 0.05) is 31.7 Å². The van der Waals surface area contributed by atoms with E-state index >= 15 is 0 Å². The van der Waals surface area contributed by atoms with E-state index in [2.05, 4.69) is 15.2 Å². The second-order valence-electron chi connectivity index (χ2n) is 6.70. The molecule has 0 unspecified atom stereocenters. The summed E-state index contributed by atoms with van der Waals surface area (Å²) < 4.78 is 4.82. The molecule has 0 bridgehead atoms. The zero-order valence-electron chi connectivity index (χ0n) is 17.4. The van der Waals surface area contributed by atoms with Crippen LogP contribution in [0.5, 0.6) is 0 Å². The Hall–Kier alpha value is -3.51. The van der Waals surface area contributed by atoms with Gasteiger partial charge in [-0.3, -0.25) is 10.1 Å². The molecule has 1 saturated heterocycles. The van der Waals surface area contributed by atoms with E-state index in [1.807, 2.05) is 47.5 Å². The predicted molar refractivity (Wildman–Crippen MR) is 122 cm³/mol. The van der Waals surface area contributed by atoms with E-state index < -0.39 is 5.97 Å². The maximum absolute atomic E-state index is 12.7. The molecular weight excluding hydrogens is 414 g/mol. The summed E-state index contributed by atoms with van der Waals surface area (Å²) >= 11 is 1.30. The molecule has 1 aliphatic heterocycles. The Morgan fingerprint density at radius 2 is 1.81 bits per heavy atom. The Bertz CT molecular complexity index is 1010. The van der Waals surface area contributed by atoms with E-state index in [0.29, 0.717) is 48.2 Å². The third-order valence-corrected chi connectivity index (χ3v) is 5.48. The van der Waals surface area contributed by atoms with Gasteiger partial charge in [0.05, 0.1) is 24.0 Å². The lowest BCUT2D eigenvalue weighted by atomic mass is 10.1. The Kier molecular flexibility index (Phi) is 7.51. The number of benzene rings is 2. The lowest BCUT2D eigenvalue weighted by molar-refractivity contribution is 0.0600. The Morgan fingerprint density at radius 3 is 2.42 bits per heavy atom. The highest BCUT2D eigenvalue weighted by Gasteiger charge is 2.24. The average Bonchev–Trinajstić information content (AvgIpc) is 2.83. The highest BCUT2D eigenvalue weighted by molar-refractivity contribution is 8.13. The number of piperazine rings is 1. The Balaban J connectivity index is 1.83. The van der Waals surface area contributed by atoms with Crippen molar-refractivity contribution in [3.05, 3.63) is 59.7 Å². The van der Waals surface area contributed by atoms with Crippen molar-refractivity contribution in [1.29, 1.82) is 5.26 Å². The van der Waals surface area contributed by atoms with Gasteiger partial charge in [-0.05, 0) is 36.6 Å². The van der Waals surface area contributed by atoms with Crippen LogP contribution in [0.3, 0.4) is 0 Å². The van der Waals surface area contributed by atoms with Gasteiger partial charge in [-0.2, -0.15) is 5.26 Å². The molecule has 3 rings (SSSR count). The first-order valence-corrected chi connectivity index (χ1v) is 10.9. The van der Waals surface area contributed by atoms with E-state index in [9.17, 15) is 9.59 Å². The Labute approximate surface area is 185 Å². The minimum absolute atomic E-state index is 0.0161. The maximum Gasteiger partial charge on any atom is 0.337 e. The molecule has 160 valence electrons. The maximum atomic E-state index is 12.7. The summed E-state index contributed by atoms with van der Waals surface area (Å²) in [7, 11) is 1.33. The van der Waals surface area contributed by atoms with E-state index in [0.717, 1.165) is 5.69 Å². The van der Waals surface area contributed by atoms with E-state index in [1.165, 1.54) is 18.9 Å². The summed E-state index contributed by atoms with van der Waals surface area (Å²) in [5.74, 6) is -0.442. The number of anilines is 1. The lowest BCUT2D eigenvalue weighted by Gasteiger charge is -2.36. The van der Waals surface area contributed by atoms with Gasteiger partial charge in [-0.15, -0.1) is 0 Å². The van der Waals surface area contributed by atoms with Gasteiger partial charge in [0.1, 0.15) is 0 Å². The topological polar surface area (TPSA) is 98.0 Å². The number of nitrogens with one attached hydrogen (secondary N) is 1. The van der Waals surface area contributed by atoms with E-state index in [-0.39, 0.29) is 5.91 Å². The van der Waals surface area contributed by atoms with Crippen molar-refractivity contribution in [1.82, 2.24) is 10.2 Å². The standard InChI is InChI=1S/C22H23N5O3S/c1-30-21(29)17-8-9-19(18(14-17)25-22(31-2)24-15-23)26-10-12-27(13-11-26)20(28)16-6-4-3-5-7-16/h3-9,14H,10-13H2,1-2H3,(H,24,25). The molecule has 8 nitrogen and oxygen atoms in total. The van der Waals surface area contributed by atoms with Gasteiger partial charge in [-0.25, -0.2) is 9.79 Å².